The van der Waals surface area contributed by atoms with Gasteiger partial charge in [0.15, 0.2) is 0 Å². The van der Waals surface area contributed by atoms with E-state index in [2.05, 4.69) is 10.4 Å². The first-order valence-corrected chi connectivity index (χ1v) is 9.73. The molecule has 1 aromatic carbocycles. The van der Waals surface area contributed by atoms with E-state index in [0.717, 1.165) is 12.1 Å². The second-order valence-corrected chi connectivity index (χ2v) is 7.80. The molecule has 0 atom stereocenters. The van der Waals surface area contributed by atoms with E-state index in [0.29, 0.717) is 37.4 Å². The molecule has 2 amide bonds. The SMILES string of the molecule is Cc1cccc(C(=O)N2CCC(C(=O)NCC3CC3)(n3cccn3)CC2)c1. The minimum atomic E-state index is -0.707. The summed E-state index contributed by atoms with van der Waals surface area (Å²) in [5.41, 5.74) is 1.07. The summed E-state index contributed by atoms with van der Waals surface area (Å²) >= 11 is 0. The van der Waals surface area contributed by atoms with Gasteiger partial charge in [0.25, 0.3) is 5.91 Å². The summed E-state index contributed by atoms with van der Waals surface area (Å²) in [7, 11) is 0. The van der Waals surface area contributed by atoms with Crippen molar-refractivity contribution in [3.05, 3.63) is 53.9 Å². The van der Waals surface area contributed by atoms with E-state index in [1.165, 1.54) is 12.8 Å². The van der Waals surface area contributed by atoms with Crippen LogP contribution in [-0.4, -0.2) is 46.1 Å². The Labute approximate surface area is 159 Å². The molecule has 6 nitrogen and oxygen atoms in total. The van der Waals surface area contributed by atoms with Gasteiger partial charge in [-0.25, -0.2) is 0 Å². The van der Waals surface area contributed by atoms with E-state index < -0.39 is 5.54 Å². The van der Waals surface area contributed by atoms with Crippen molar-refractivity contribution in [1.29, 1.82) is 0 Å². The van der Waals surface area contributed by atoms with Crippen LogP contribution in [0.3, 0.4) is 0 Å². The number of aryl methyl sites for hydroxylation is 1. The zero-order valence-corrected chi connectivity index (χ0v) is 15.7. The van der Waals surface area contributed by atoms with Gasteiger partial charge >= 0.3 is 0 Å². The number of piperidine rings is 1. The van der Waals surface area contributed by atoms with Gasteiger partial charge in [0.05, 0.1) is 0 Å². The lowest BCUT2D eigenvalue weighted by Gasteiger charge is -2.40. The Balaban J connectivity index is 1.49. The number of hydrogen-bond donors (Lipinski definition) is 1. The zero-order chi connectivity index (χ0) is 18.9. The molecule has 0 unspecified atom stereocenters. The van der Waals surface area contributed by atoms with Gasteiger partial charge in [0, 0.05) is 37.6 Å². The fourth-order valence-corrected chi connectivity index (χ4v) is 3.85. The van der Waals surface area contributed by atoms with Crippen LogP contribution in [0.5, 0.6) is 0 Å². The number of nitrogens with zero attached hydrogens (tertiary/aromatic N) is 3. The molecule has 1 aromatic heterocycles. The normalized spacial score (nSPS) is 18.9. The minimum Gasteiger partial charge on any atom is -0.354 e. The highest BCUT2D eigenvalue weighted by molar-refractivity contribution is 5.94. The van der Waals surface area contributed by atoms with Gasteiger partial charge in [-0.1, -0.05) is 17.7 Å². The van der Waals surface area contributed by atoms with E-state index in [1.54, 1.807) is 10.9 Å². The van der Waals surface area contributed by atoms with Crippen molar-refractivity contribution in [3.8, 4) is 0 Å². The van der Waals surface area contributed by atoms with Crippen LogP contribution in [0.1, 0.15) is 41.6 Å². The van der Waals surface area contributed by atoms with Crippen molar-refractivity contribution in [3.63, 3.8) is 0 Å². The number of nitrogens with one attached hydrogen (secondary N) is 1. The second-order valence-electron chi connectivity index (χ2n) is 7.80. The molecule has 2 fully saturated rings. The quantitative estimate of drug-likeness (QED) is 0.883. The van der Waals surface area contributed by atoms with Crippen LogP contribution in [0, 0.1) is 12.8 Å². The Morgan fingerprint density at radius 2 is 2.00 bits per heavy atom. The van der Waals surface area contributed by atoms with Crippen molar-refractivity contribution in [2.45, 2.75) is 38.1 Å². The van der Waals surface area contributed by atoms with Crippen LogP contribution in [0.15, 0.2) is 42.7 Å². The maximum absolute atomic E-state index is 13.1. The number of benzene rings is 1. The van der Waals surface area contributed by atoms with Gasteiger partial charge in [-0.05, 0) is 56.7 Å². The lowest BCUT2D eigenvalue weighted by molar-refractivity contribution is -0.133. The highest BCUT2D eigenvalue weighted by Crippen LogP contribution is 2.32. The van der Waals surface area contributed by atoms with Crippen LogP contribution < -0.4 is 5.32 Å². The molecule has 2 heterocycles. The van der Waals surface area contributed by atoms with E-state index in [-0.39, 0.29) is 11.8 Å². The van der Waals surface area contributed by atoms with Gasteiger partial charge in [-0.2, -0.15) is 5.10 Å². The summed E-state index contributed by atoms with van der Waals surface area (Å²) in [5.74, 6) is 0.693. The van der Waals surface area contributed by atoms with Gasteiger partial charge in [-0.15, -0.1) is 0 Å². The van der Waals surface area contributed by atoms with Crippen molar-refractivity contribution in [2.24, 2.45) is 5.92 Å². The van der Waals surface area contributed by atoms with Crippen LogP contribution in [0.25, 0.3) is 0 Å². The molecule has 4 rings (SSSR count). The summed E-state index contributed by atoms with van der Waals surface area (Å²) in [6.45, 7) is 3.82. The Bertz CT molecular complexity index is 818. The predicted molar refractivity (Wildman–Crippen MR) is 102 cm³/mol. The first-order valence-electron chi connectivity index (χ1n) is 9.73. The van der Waals surface area contributed by atoms with Gasteiger partial charge in [0.2, 0.25) is 5.91 Å². The van der Waals surface area contributed by atoms with Crippen LogP contribution >= 0.6 is 0 Å². The summed E-state index contributed by atoms with van der Waals surface area (Å²) in [6, 6.07) is 9.51. The molecule has 2 aromatic rings. The van der Waals surface area contributed by atoms with Gasteiger partial charge in [0.1, 0.15) is 5.54 Å². The molecule has 1 saturated heterocycles. The minimum absolute atomic E-state index is 0.0285. The number of hydrogen-bond acceptors (Lipinski definition) is 3. The molecule has 6 heteroatoms. The van der Waals surface area contributed by atoms with Crippen molar-refractivity contribution < 1.29 is 9.59 Å². The zero-order valence-electron chi connectivity index (χ0n) is 15.7. The molecular weight excluding hydrogens is 340 g/mol. The van der Waals surface area contributed by atoms with E-state index >= 15 is 0 Å². The summed E-state index contributed by atoms with van der Waals surface area (Å²) < 4.78 is 1.78. The topological polar surface area (TPSA) is 67.2 Å². The molecule has 2 aliphatic rings. The van der Waals surface area contributed by atoms with E-state index in [1.807, 2.05) is 48.4 Å². The fourth-order valence-electron chi connectivity index (χ4n) is 3.85. The molecule has 0 bridgehead atoms. The molecule has 1 saturated carbocycles. The lowest BCUT2D eigenvalue weighted by atomic mass is 9.86. The number of amides is 2. The van der Waals surface area contributed by atoms with Crippen molar-refractivity contribution in [1.82, 2.24) is 20.0 Å². The van der Waals surface area contributed by atoms with E-state index in [4.69, 9.17) is 0 Å². The fraction of sp³-hybridized carbons (Fsp3) is 0.476. The van der Waals surface area contributed by atoms with Gasteiger partial charge in [-0.3, -0.25) is 14.3 Å². The highest BCUT2D eigenvalue weighted by atomic mass is 16.2. The number of aromatic nitrogens is 2. The largest absolute Gasteiger partial charge is 0.354 e. The maximum Gasteiger partial charge on any atom is 0.253 e. The maximum atomic E-state index is 13.1. The number of carbonyl (C=O) groups is 2. The molecular formula is C21H26N4O2. The highest BCUT2D eigenvalue weighted by Gasteiger charge is 2.44. The summed E-state index contributed by atoms with van der Waals surface area (Å²) in [6.07, 6.45) is 7.11. The van der Waals surface area contributed by atoms with Crippen molar-refractivity contribution >= 4 is 11.8 Å². The third-order valence-corrected chi connectivity index (χ3v) is 5.76. The van der Waals surface area contributed by atoms with Crippen molar-refractivity contribution in [2.75, 3.05) is 19.6 Å². The smallest absolute Gasteiger partial charge is 0.253 e. The Morgan fingerprint density at radius 1 is 1.22 bits per heavy atom. The third-order valence-electron chi connectivity index (χ3n) is 5.76. The summed E-state index contributed by atoms with van der Waals surface area (Å²) in [4.78, 5) is 27.8. The molecule has 27 heavy (non-hydrogen) atoms. The average molecular weight is 366 g/mol. The van der Waals surface area contributed by atoms with Crippen LogP contribution in [0.4, 0.5) is 0 Å². The third kappa shape index (κ3) is 3.61. The van der Waals surface area contributed by atoms with Gasteiger partial charge < -0.3 is 10.2 Å². The second kappa shape index (κ2) is 7.18. The monoisotopic (exact) mass is 366 g/mol. The Hall–Kier alpha value is -2.63. The standard InChI is InChI=1S/C21H26N4O2/c1-16-4-2-5-18(14-16)19(26)24-12-8-21(9-13-24,25-11-3-10-23-25)20(27)22-15-17-6-7-17/h2-5,10-11,14,17H,6-9,12-13,15H2,1H3,(H,22,27). The predicted octanol–water partition coefficient (Wildman–Crippen LogP) is 2.35. The first-order chi connectivity index (χ1) is 13.1. The van der Waals surface area contributed by atoms with Crippen LogP contribution in [-0.2, 0) is 10.3 Å². The molecule has 1 N–H and O–H groups in total. The molecule has 0 radical (unpaired) electrons. The molecule has 1 aliphatic carbocycles. The molecule has 1 aliphatic heterocycles. The molecule has 142 valence electrons. The Kier molecular flexibility index (Phi) is 4.72. The number of likely N-dealkylation sites (tertiary alicyclic amines) is 1. The number of carbonyl (C=O) groups excluding carboxylic acids is 2. The van der Waals surface area contributed by atoms with E-state index in [9.17, 15) is 9.59 Å². The average Bonchev–Trinajstić information content (AvgIpc) is 3.36. The van der Waals surface area contributed by atoms with Crippen LogP contribution in [0.2, 0.25) is 0 Å². The molecule has 0 spiro atoms. The lowest BCUT2D eigenvalue weighted by Crippen LogP contribution is -2.56. The summed E-state index contributed by atoms with van der Waals surface area (Å²) in [5, 5.41) is 7.49. The Morgan fingerprint density at radius 3 is 2.63 bits per heavy atom. The first kappa shape index (κ1) is 17.8. The number of rotatable bonds is 5.